The highest BCUT2D eigenvalue weighted by molar-refractivity contribution is 5.39. The molecule has 2 N–H and O–H groups in total. The standard InChI is InChI=1S/C19H30N2/c1-3-12-21(13-16-8-9-16)19(14-20)11-10-15(2)17-6-4-5-7-18(17)19/h4-7,15-16H,3,8-14,20H2,1-2H3. The second-order valence-electron chi connectivity index (χ2n) is 7.15. The molecule has 1 aromatic rings. The molecule has 0 amide bonds. The second kappa shape index (κ2) is 6.10. The van der Waals surface area contributed by atoms with Crippen LogP contribution in [0.4, 0.5) is 0 Å². The maximum Gasteiger partial charge on any atom is 0.0586 e. The van der Waals surface area contributed by atoms with Crippen LogP contribution in [0, 0.1) is 5.92 Å². The van der Waals surface area contributed by atoms with E-state index in [2.05, 4.69) is 43.0 Å². The number of fused-ring (bicyclic) bond motifs is 1. The third-order valence-corrected chi connectivity index (χ3v) is 5.60. The zero-order valence-corrected chi connectivity index (χ0v) is 13.6. The summed E-state index contributed by atoms with van der Waals surface area (Å²) in [7, 11) is 0. The summed E-state index contributed by atoms with van der Waals surface area (Å²) in [6.07, 6.45) is 6.53. The van der Waals surface area contributed by atoms with Crippen molar-refractivity contribution in [2.45, 2.75) is 57.4 Å². The predicted octanol–water partition coefficient (Wildman–Crippen LogP) is 3.86. The van der Waals surface area contributed by atoms with Crippen molar-refractivity contribution >= 4 is 0 Å². The van der Waals surface area contributed by atoms with Crippen LogP contribution >= 0.6 is 0 Å². The van der Waals surface area contributed by atoms with Crippen LogP contribution in [0.25, 0.3) is 0 Å². The van der Waals surface area contributed by atoms with Crippen molar-refractivity contribution in [3.05, 3.63) is 35.4 Å². The molecule has 2 unspecified atom stereocenters. The van der Waals surface area contributed by atoms with Crippen LogP contribution in [0.5, 0.6) is 0 Å². The lowest BCUT2D eigenvalue weighted by atomic mass is 9.71. The van der Waals surface area contributed by atoms with Gasteiger partial charge in [-0.2, -0.15) is 0 Å². The molecule has 1 saturated carbocycles. The smallest absolute Gasteiger partial charge is 0.0586 e. The van der Waals surface area contributed by atoms with Gasteiger partial charge in [-0.25, -0.2) is 0 Å². The van der Waals surface area contributed by atoms with E-state index < -0.39 is 0 Å². The van der Waals surface area contributed by atoms with Gasteiger partial charge in [0.25, 0.3) is 0 Å². The summed E-state index contributed by atoms with van der Waals surface area (Å²) in [4.78, 5) is 2.73. The van der Waals surface area contributed by atoms with Gasteiger partial charge in [-0.1, -0.05) is 38.1 Å². The normalized spacial score (nSPS) is 28.7. The molecule has 2 heteroatoms. The Morgan fingerprint density at radius 3 is 2.67 bits per heavy atom. The highest BCUT2D eigenvalue weighted by Gasteiger charge is 2.43. The van der Waals surface area contributed by atoms with Crippen molar-refractivity contribution in [3.8, 4) is 0 Å². The molecule has 0 spiro atoms. The van der Waals surface area contributed by atoms with Crippen LogP contribution in [0.2, 0.25) is 0 Å². The minimum absolute atomic E-state index is 0.0850. The zero-order chi connectivity index (χ0) is 14.9. The van der Waals surface area contributed by atoms with Crippen molar-refractivity contribution < 1.29 is 0 Å². The molecule has 21 heavy (non-hydrogen) atoms. The molecule has 2 aliphatic carbocycles. The SMILES string of the molecule is CCCN(CC1CC1)C1(CN)CCC(C)c2ccccc21. The Morgan fingerprint density at radius 2 is 2.00 bits per heavy atom. The summed E-state index contributed by atoms with van der Waals surface area (Å²) in [5.41, 5.74) is 9.52. The Hall–Kier alpha value is -0.860. The Bertz CT molecular complexity index is 480. The quantitative estimate of drug-likeness (QED) is 0.860. The predicted molar refractivity (Wildman–Crippen MR) is 89.4 cm³/mol. The van der Waals surface area contributed by atoms with Gasteiger partial charge < -0.3 is 5.73 Å². The van der Waals surface area contributed by atoms with Crippen LogP contribution in [0.1, 0.15) is 63.0 Å². The fourth-order valence-corrected chi connectivity index (χ4v) is 4.13. The average Bonchev–Trinajstić information content (AvgIpc) is 3.32. The summed E-state index contributed by atoms with van der Waals surface area (Å²) in [6, 6.07) is 9.05. The monoisotopic (exact) mass is 286 g/mol. The van der Waals surface area contributed by atoms with Gasteiger partial charge in [-0.15, -0.1) is 0 Å². The fourth-order valence-electron chi connectivity index (χ4n) is 4.13. The summed E-state index contributed by atoms with van der Waals surface area (Å²) in [5.74, 6) is 1.59. The average molecular weight is 286 g/mol. The molecule has 0 aromatic heterocycles. The number of rotatable bonds is 6. The van der Waals surface area contributed by atoms with Gasteiger partial charge in [-0.05, 0) is 61.6 Å². The van der Waals surface area contributed by atoms with Crippen LogP contribution < -0.4 is 5.73 Å². The van der Waals surface area contributed by atoms with Crippen molar-refractivity contribution in [1.82, 2.24) is 4.90 Å². The molecule has 2 atom stereocenters. The first-order chi connectivity index (χ1) is 10.2. The number of hydrogen-bond donors (Lipinski definition) is 1. The molecular weight excluding hydrogens is 256 g/mol. The van der Waals surface area contributed by atoms with Crippen LogP contribution in [-0.4, -0.2) is 24.5 Å². The van der Waals surface area contributed by atoms with E-state index in [0.29, 0.717) is 5.92 Å². The van der Waals surface area contributed by atoms with E-state index in [1.165, 1.54) is 56.3 Å². The Labute approximate surface area is 129 Å². The molecule has 0 heterocycles. The van der Waals surface area contributed by atoms with Gasteiger partial charge >= 0.3 is 0 Å². The molecule has 116 valence electrons. The molecule has 0 radical (unpaired) electrons. The lowest BCUT2D eigenvalue weighted by Crippen LogP contribution is -2.54. The zero-order valence-electron chi connectivity index (χ0n) is 13.6. The van der Waals surface area contributed by atoms with Crippen molar-refractivity contribution in [2.75, 3.05) is 19.6 Å². The van der Waals surface area contributed by atoms with Crippen molar-refractivity contribution in [3.63, 3.8) is 0 Å². The van der Waals surface area contributed by atoms with E-state index in [1.807, 2.05) is 0 Å². The fraction of sp³-hybridized carbons (Fsp3) is 0.684. The van der Waals surface area contributed by atoms with Crippen LogP contribution in [0.3, 0.4) is 0 Å². The first kappa shape index (κ1) is 15.1. The van der Waals surface area contributed by atoms with Gasteiger partial charge in [0.05, 0.1) is 5.54 Å². The lowest BCUT2D eigenvalue weighted by Gasteiger charge is -2.48. The number of benzene rings is 1. The van der Waals surface area contributed by atoms with E-state index >= 15 is 0 Å². The summed E-state index contributed by atoms with van der Waals surface area (Å²) in [6.45, 7) is 7.83. The summed E-state index contributed by atoms with van der Waals surface area (Å²) < 4.78 is 0. The highest BCUT2D eigenvalue weighted by Crippen LogP contribution is 2.45. The minimum Gasteiger partial charge on any atom is -0.328 e. The first-order valence-corrected chi connectivity index (χ1v) is 8.75. The maximum absolute atomic E-state index is 6.38. The van der Waals surface area contributed by atoms with Gasteiger partial charge in [-0.3, -0.25) is 4.90 Å². The molecule has 1 fully saturated rings. The second-order valence-corrected chi connectivity index (χ2v) is 7.15. The Morgan fingerprint density at radius 1 is 1.24 bits per heavy atom. The van der Waals surface area contributed by atoms with E-state index in [1.54, 1.807) is 0 Å². The Kier molecular flexibility index (Phi) is 4.37. The molecular formula is C19H30N2. The summed E-state index contributed by atoms with van der Waals surface area (Å²) in [5, 5.41) is 0. The Balaban J connectivity index is 1.99. The molecule has 3 rings (SSSR count). The van der Waals surface area contributed by atoms with E-state index in [9.17, 15) is 0 Å². The van der Waals surface area contributed by atoms with Crippen molar-refractivity contribution in [2.24, 2.45) is 11.7 Å². The molecule has 0 aliphatic heterocycles. The third kappa shape index (κ3) is 2.76. The molecule has 1 aromatic carbocycles. The van der Waals surface area contributed by atoms with Gasteiger partial charge in [0.2, 0.25) is 0 Å². The summed E-state index contributed by atoms with van der Waals surface area (Å²) >= 11 is 0. The number of nitrogens with two attached hydrogens (primary N) is 1. The first-order valence-electron chi connectivity index (χ1n) is 8.75. The van der Waals surface area contributed by atoms with Crippen LogP contribution in [-0.2, 0) is 5.54 Å². The number of hydrogen-bond acceptors (Lipinski definition) is 2. The largest absolute Gasteiger partial charge is 0.328 e. The molecule has 0 bridgehead atoms. The maximum atomic E-state index is 6.38. The topological polar surface area (TPSA) is 29.3 Å². The van der Waals surface area contributed by atoms with E-state index in [4.69, 9.17) is 5.73 Å². The van der Waals surface area contributed by atoms with Gasteiger partial charge in [0.15, 0.2) is 0 Å². The van der Waals surface area contributed by atoms with Gasteiger partial charge in [0.1, 0.15) is 0 Å². The minimum atomic E-state index is 0.0850. The van der Waals surface area contributed by atoms with Crippen molar-refractivity contribution in [1.29, 1.82) is 0 Å². The van der Waals surface area contributed by atoms with E-state index in [0.717, 1.165) is 12.5 Å². The third-order valence-electron chi connectivity index (χ3n) is 5.60. The van der Waals surface area contributed by atoms with E-state index in [-0.39, 0.29) is 5.54 Å². The molecule has 2 aliphatic rings. The molecule has 0 saturated heterocycles. The number of nitrogens with zero attached hydrogens (tertiary/aromatic N) is 1. The van der Waals surface area contributed by atoms with Crippen LogP contribution in [0.15, 0.2) is 24.3 Å². The molecule has 2 nitrogen and oxygen atoms in total. The van der Waals surface area contributed by atoms with Gasteiger partial charge in [0, 0.05) is 13.1 Å². The lowest BCUT2D eigenvalue weighted by molar-refractivity contribution is 0.0654. The highest BCUT2D eigenvalue weighted by atomic mass is 15.2.